The van der Waals surface area contributed by atoms with Crippen LogP contribution in [0.2, 0.25) is 0 Å². The largest absolute Gasteiger partial charge is 0.497 e. The maximum atomic E-state index is 5.82. The second kappa shape index (κ2) is 10.2. The highest BCUT2D eigenvalue weighted by Gasteiger charge is 2.33. The smallest absolute Gasteiger partial charge is 0.258 e. The molecule has 172 valence electrons. The van der Waals surface area contributed by atoms with E-state index in [0.717, 1.165) is 54.0 Å². The Balaban J connectivity index is 1.76. The van der Waals surface area contributed by atoms with E-state index < -0.39 is 0 Å². The van der Waals surface area contributed by atoms with Crippen LogP contribution in [0, 0.1) is 0 Å². The normalized spacial score (nSPS) is 16.2. The van der Waals surface area contributed by atoms with Gasteiger partial charge in [-0.25, -0.2) is 0 Å². The summed E-state index contributed by atoms with van der Waals surface area (Å²) >= 11 is 5.74. The van der Waals surface area contributed by atoms with Crippen LogP contribution in [0.3, 0.4) is 0 Å². The number of methoxy groups -OCH3 is 1. The Labute approximate surface area is 200 Å². The van der Waals surface area contributed by atoms with Crippen LogP contribution in [0.1, 0.15) is 56.7 Å². The van der Waals surface area contributed by atoms with Crippen molar-refractivity contribution in [2.45, 2.75) is 46.1 Å². The average Bonchev–Trinajstić information content (AvgIpc) is 3.33. The molecule has 0 bridgehead atoms. The SMILES string of the molecule is CCCCN1C(=S)NC(c2ccc(OC)cc2)C(c2nc(-c3ccc(CC)cc3)no2)=C1C. The lowest BCUT2D eigenvalue weighted by Crippen LogP contribution is -2.46. The van der Waals surface area contributed by atoms with Gasteiger partial charge in [-0.3, -0.25) is 0 Å². The number of benzene rings is 2. The van der Waals surface area contributed by atoms with Crippen LogP contribution in [0.25, 0.3) is 17.0 Å². The third kappa shape index (κ3) is 4.78. The summed E-state index contributed by atoms with van der Waals surface area (Å²) in [5.74, 6) is 1.88. The molecular weight excluding hydrogens is 432 g/mol. The highest BCUT2D eigenvalue weighted by molar-refractivity contribution is 7.80. The van der Waals surface area contributed by atoms with Crippen LogP contribution in [-0.4, -0.2) is 33.8 Å². The molecule has 0 radical (unpaired) electrons. The molecule has 7 heteroatoms. The molecule has 1 unspecified atom stereocenters. The van der Waals surface area contributed by atoms with Gasteiger partial charge in [0.2, 0.25) is 5.82 Å². The number of hydrogen-bond donors (Lipinski definition) is 1. The zero-order chi connectivity index (χ0) is 23.4. The first-order valence-electron chi connectivity index (χ1n) is 11.4. The lowest BCUT2D eigenvalue weighted by Gasteiger charge is -2.37. The van der Waals surface area contributed by atoms with E-state index in [2.05, 4.69) is 48.3 Å². The average molecular weight is 463 g/mol. The molecule has 3 aromatic rings. The monoisotopic (exact) mass is 462 g/mol. The van der Waals surface area contributed by atoms with E-state index in [0.29, 0.717) is 16.8 Å². The maximum absolute atomic E-state index is 5.82. The van der Waals surface area contributed by atoms with Gasteiger partial charge in [-0.15, -0.1) is 0 Å². The van der Waals surface area contributed by atoms with Crippen molar-refractivity contribution in [3.63, 3.8) is 0 Å². The summed E-state index contributed by atoms with van der Waals surface area (Å²) in [7, 11) is 1.66. The summed E-state index contributed by atoms with van der Waals surface area (Å²) in [6.07, 6.45) is 3.12. The number of unbranched alkanes of at least 4 members (excludes halogenated alkanes) is 1. The molecule has 1 aromatic heterocycles. The lowest BCUT2D eigenvalue weighted by molar-refractivity contribution is 0.395. The first-order valence-corrected chi connectivity index (χ1v) is 11.8. The Morgan fingerprint density at radius 3 is 2.45 bits per heavy atom. The summed E-state index contributed by atoms with van der Waals surface area (Å²) < 4.78 is 11.1. The van der Waals surface area contributed by atoms with Crippen LogP contribution >= 0.6 is 12.2 Å². The number of aryl methyl sites for hydroxylation is 1. The summed E-state index contributed by atoms with van der Waals surface area (Å²) in [6, 6.07) is 16.1. The van der Waals surface area contributed by atoms with Crippen molar-refractivity contribution >= 4 is 22.9 Å². The van der Waals surface area contributed by atoms with Crippen molar-refractivity contribution in [3.8, 4) is 17.1 Å². The van der Waals surface area contributed by atoms with Crippen LogP contribution in [0.5, 0.6) is 5.75 Å². The van der Waals surface area contributed by atoms with Crippen LogP contribution in [0.4, 0.5) is 0 Å². The van der Waals surface area contributed by atoms with Gasteiger partial charge in [0.15, 0.2) is 5.11 Å². The highest BCUT2D eigenvalue weighted by atomic mass is 32.1. The minimum Gasteiger partial charge on any atom is -0.497 e. The molecule has 1 atom stereocenters. The minimum absolute atomic E-state index is 0.197. The van der Waals surface area contributed by atoms with E-state index in [1.165, 1.54) is 5.56 Å². The van der Waals surface area contributed by atoms with E-state index in [-0.39, 0.29) is 6.04 Å². The molecule has 0 spiro atoms. The third-order valence-corrected chi connectivity index (χ3v) is 6.40. The van der Waals surface area contributed by atoms with Crippen molar-refractivity contribution in [2.24, 2.45) is 0 Å². The number of allylic oxidation sites excluding steroid dienone is 1. The van der Waals surface area contributed by atoms with Crippen molar-refractivity contribution < 1.29 is 9.26 Å². The van der Waals surface area contributed by atoms with Gasteiger partial charge in [0, 0.05) is 17.8 Å². The zero-order valence-electron chi connectivity index (χ0n) is 19.6. The number of hydrogen-bond acceptors (Lipinski definition) is 5. The molecule has 0 aliphatic carbocycles. The number of ether oxygens (including phenoxy) is 1. The molecule has 33 heavy (non-hydrogen) atoms. The Kier molecular flexibility index (Phi) is 7.08. The lowest BCUT2D eigenvalue weighted by atomic mass is 9.94. The second-order valence-corrected chi connectivity index (χ2v) is 8.52. The van der Waals surface area contributed by atoms with Gasteiger partial charge in [0.1, 0.15) is 5.75 Å². The Hall–Kier alpha value is -3.19. The second-order valence-electron chi connectivity index (χ2n) is 8.13. The zero-order valence-corrected chi connectivity index (χ0v) is 20.4. The van der Waals surface area contributed by atoms with Gasteiger partial charge in [0.05, 0.1) is 18.7 Å². The fourth-order valence-corrected chi connectivity index (χ4v) is 4.38. The molecule has 1 aliphatic heterocycles. The molecule has 2 aromatic carbocycles. The van der Waals surface area contributed by atoms with Crippen LogP contribution in [0.15, 0.2) is 58.8 Å². The third-order valence-electron chi connectivity index (χ3n) is 6.06. The Morgan fingerprint density at radius 1 is 1.09 bits per heavy atom. The van der Waals surface area contributed by atoms with Crippen molar-refractivity contribution in [3.05, 3.63) is 71.2 Å². The van der Waals surface area contributed by atoms with E-state index in [4.69, 9.17) is 26.5 Å². The number of rotatable bonds is 8. The molecule has 0 saturated heterocycles. The predicted octanol–water partition coefficient (Wildman–Crippen LogP) is 5.77. The van der Waals surface area contributed by atoms with Crippen molar-refractivity contribution in [2.75, 3.05) is 13.7 Å². The fourth-order valence-electron chi connectivity index (χ4n) is 4.03. The molecule has 1 aliphatic rings. The predicted molar refractivity (Wildman–Crippen MR) is 135 cm³/mol. The Bertz CT molecular complexity index is 1140. The minimum atomic E-state index is -0.197. The summed E-state index contributed by atoms with van der Waals surface area (Å²) in [5, 5.41) is 8.51. The quantitative estimate of drug-likeness (QED) is 0.426. The first-order chi connectivity index (χ1) is 16.0. The molecule has 2 heterocycles. The Morgan fingerprint density at radius 2 is 1.82 bits per heavy atom. The van der Waals surface area contributed by atoms with Gasteiger partial charge in [-0.2, -0.15) is 4.98 Å². The van der Waals surface area contributed by atoms with E-state index >= 15 is 0 Å². The van der Waals surface area contributed by atoms with E-state index in [9.17, 15) is 0 Å². The van der Waals surface area contributed by atoms with Crippen LogP contribution in [-0.2, 0) is 6.42 Å². The molecule has 1 N–H and O–H groups in total. The topological polar surface area (TPSA) is 63.4 Å². The van der Waals surface area contributed by atoms with Gasteiger partial charge in [-0.05, 0) is 55.2 Å². The van der Waals surface area contributed by atoms with Crippen LogP contribution < -0.4 is 10.1 Å². The van der Waals surface area contributed by atoms with E-state index in [1.54, 1.807) is 7.11 Å². The fraction of sp³-hybridized carbons (Fsp3) is 0.346. The summed E-state index contributed by atoms with van der Waals surface area (Å²) in [6.45, 7) is 7.23. The van der Waals surface area contributed by atoms with Crippen molar-refractivity contribution in [1.82, 2.24) is 20.4 Å². The van der Waals surface area contributed by atoms with Crippen molar-refractivity contribution in [1.29, 1.82) is 0 Å². The summed E-state index contributed by atoms with van der Waals surface area (Å²) in [5.41, 5.74) is 5.23. The molecule has 0 amide bonds. The van der Waals surface area contributed by atoms with Gasteiger partial charge >= 0.3 is 0 Å². The number of thiocarbonyl (C=S) groups is 1. The van der Waals surface area contributed by atoms with Gasteiger partial charge in [-0.1, -0.05) is 61.8 Å². The number of nitrogens with one attached hydrogen (secondary N) is 1. The molecule has 6 nitrogen and oxygen atoms in total. The number of nitrogens with zero attached hydrogens (tertiary/aromatic N) is 3. The van der Waals surface area contributed by atoms with E-state index in [1.807, 2.05) is 36.4 Å². The highest BCUT2D eigenvalue weighted by Crippen LogP contribution is 2.38. The maximum Gasteiger partial charge on any atom is 0.258 e. The standard InChI is InChI=1S/C26H30N4O2S/c1-5-7-16-30-17(3)22(23(27-26(30)33)19-12-14-21(31-4)15-13-19)25-28-24(29-32-25)20-10-8-18(6-2)9-11-20/h8-15,23H,5-7,16H2,1-4H3,(H,27,33). The van der Waals surface area contributed by atoms with Gasteiger partial charge in [0.25, 0.3) is 5.89 Å². The molecule has 0 fully saturated rings. The molecular formula is C26H30N4O2S. The van der Waals surface area contributed by atoms with Gasteiger partial charge < -0.3 is 19.5 Å². The molecule has 0 saturated carbocycles. The summed E-state index contributed by atoms with van der Waals surface area (Å²) in [4.78, 5) is 6.92. The first kappa shape index (κ1) is 23.0. The molecule has 4 rings (SSSR count). The number of aromatic nitrogens is 2.